The van der Waals surface area contributed by atoms with Gasteiger partial charge in [-0.05, 0) is 58.4 Å². The van der Waals surface area contributed by atoms with E-state index >= 15 is 0 Å². The zero-order chi connectivity index (χ0) is 13.1. The Hall–Kier alpha value is -0.340. The first-order valence-corrected chi connectivity index (χ1v) is 8.38. The Bertz CT molecular complexity index is 330. The minimum atomic E-state index is 0.500. The van der Waals surface area contributed by atoms with Crippen LogP contribution in [0.25, 0.3) is 0 Å². The van der Waals surface area contributed by atoms with Crippen LogP contribution in [-0.4, -0.2) is 25.3 Å². The largest absolute Gasteiger partial charge is 0.378 e. The Balaban J connectivity index is 1.48. The lowest BCUT2D eigenvalue weighted by molar-refractivity contribution is -0.130. The maximum Gasteiger partial charge on any atom is 0.0661 e. The first-order chi connectivity index (χ1) is 9.35. The van der Waals surface area contributed by atoms with Crippen molar-refractivity contribution >= 4 is 0 Å². The molecule has 2 atom stereocenters. The van der Waals surface area contributed by atoms with Crippen molar-refractivity contribution in [2.24, 2.45) is 5.41 Å². The molecule has 2 heteroatoms. The van der Waals surface area contributed by atoms with Gasteiger partial charge in [0.15, 0.2) is 0 Å². The molecular formula is C17H29NO. The second-order valence-electron chi connectivity index (χ2n) is 6.63. The summed E-state index contributed by atoms with van der Waals surface area (Å²) >= 11 is 0. The third-order valence-electron chi connectivity index (χ3n) is 5.66. The van der Waals surface area contributed by atoms with E-state index in [9.17, 15) is 0 Å². The predicted octanol–water partition coefficient (Wildman–Crippen LogP) is 3.81. The molecule has 0 radical (unpaired) electrons. The summed E-state index contributed by atoms with van der Waals surface area (Å²) in [7, 11) is 0. The van der Waals surface area contributed by atoms with Gasteiger partial charge in [0.05, 0.1) is 6.10 Å². The Labute approximate surface area is 118 Å². The quantitative estimate of drug-likeness (QED) is 0.736. The van der Waals surface area contributed by atoms with Crippen molar-refractivity contribution in [3.05, 3.63) is 11.6 Å². The summed E-state index contributed by atoms with van der Waals surface area (Å²) in [5, 5.41) is 3.85. The van der Waals surface area contributed by atoms with E-state index in [1.54, 1.807) is 5.57 Å². The highest BCUT2D eigenvalue weighted by Gasteiger charge is 2.56. The van der Waals surface area contributed by atoms with Crippen LogP contribution in [0.3, 0.4) is 0 Å². The molecule has 0 aromatic carbocycles. The van der Waals surface area contributed by atoms with Crippen molar-refractivity contribution in [3.63, 3.8) is 0 Å². The number of allylic oxidation sites excluding steroid dienone is 1. The van der Waals surface area contributed by atoms with Gasteiger partial charge in [0, 0.05) is 18.1 Å². The second-order valence-corrected chi connectivity index (χ2v) is 6.63. The summed E-state index contributed by atoms with van der Waals surface area (Å²) in [6, 6.07) is 0.730. The lowest BCUT2D eigenvalue weighted by atomic mass is 9.60. The number of ether oxygens (including phenoxy) is 1. The van der Waals surface area contributed by atoms with Crippen LogP contribution in [0.1, 0.15) is 64.7 Å². The van der Waals surface area contributed by atoms with Crippen molar-refractivity contribution in [1.82, 2.24) is 5.32 Å². The average molecular weight is 263 g/mol. The van der Waals surface area contributed by atoms with Crippen molar-refractivity contribution < 1.29 is 4.74 Å². The molecule has 2 saturated carbocycles. The maximum absolute atomic E-state index is 5.97. The highest BCUT2D eigenvalue weighted by atomic mass is 16.5. The van der Waals surface area contributed by atoms with E-state index in [1.807, 2.05) is 0 Å². The van der Waals surface area contributed by atoms with Gasteiger partial charge in [-0.15, -0.1) is 0 Å². The van der Waals surface area contributed by atoms with Crippen molar-refractivity contribution in [3.8, 4) is 0 Å². The highest BCUT2D eigenvalue weighted by Crippen LogP contribution is 2.54. The number of hydrogen-bond acceptors (Lipinski definition) is 2. The fourth-order valence-corrected chi connectivity index (χ4v) is 4.54. The van der Waals surface area contributed by atoms with Crippen LogP contribution in [-0.2, 0) is 4.74 Å². The molecule has 3 aliphatic rings. The summed E-state index contributed by atoms with van der Waals surface area (Å²) in [5.41, 5.74) is 2.19. The third kappa shape index (κ3) is 2.62. The summed E-state index contributed by atoms with van der Waals surface area (Å²) in [4.78, 5) is 0. The Morgan fingerprint density at radius 3 is 2.84 bits per heavy atom. The molecule has 0 heterocycles. The minimum Gasteiger partial charge on any atom is -0.378 e. The van der Waals surface area contributed by atoms with Crippen LogP contribution in [0.4, 0.5) is 0 Å². The van der Waals surface area contributed by atoms with E-state index in [4.69, 9.17) is 4.74 Å². The molecule has 2 nitrogen and oxygen atoms in total. The van der Waals surface area contributed by atoms with Gasteiger partial charge in [0.2, 0.25) is 0 Å². The van der Waals surface area contributed by atoms with Crippen molar-refractivity contribution in [1.29, 1.82) is 0 Å². The summed E-state index contributed by atoms with van der Waals surface area (Å²) in [6.45, 7) is 4.19. The zero-order valence-corrected chi connectivity index (χ0v) is 12.4. The molecule has 0 aliphatic heterocycles. The SMILES string of the molecule is CCOC1CC(NCCC2=CCCC2)C12CCCC2. The topological polar surface area (TPSA) is 21.3 Å². The van der Waals surface area contributed by atoms with Gasteiger partial charge in [-0.25, -0.2) is 0 Å². The monoisotopic (exact) mass is 263 g/mol. The standard InChI is InChI=1S/C17H29NO/c1-2-19-16-13-15(17(16)10-5-6-11-17)18-12-9-14-7-3-4-8-14/h7,15-16,18H,2-6,8-13H2,1H3. The molecule has 1 spiro atoms. The van der Waals surface area contributed by atoms with E-state index < -0.39 is 0 Å². The number of nitrogens with one attached hydrogen (secondary N) is 1. The molecule has 3 aliphatic carbocycles. The van der Waals surface area contributed by atoms with Gasteiger partial charge < -0.3 is 10.1 Å². The van der Waals surface area contributed by atoms with Crippen molar-refractivity contribution in [2.75, 3.05) is 13.2 Å². The smallest absolute Gasteiger partial charge is 0.0661 e. The Morgan fingerprint density at radius 2 is 2.16 bits per heavy atom. The lowest BCUT2D eigenvalue weighted by Gasteiger charge is -2.54. The first kappa shape index (κ1) is 13.6. The molecule has 3 rings (SSSR count). The summed E-state index contributed by atoms with van der Waals surface area (Å²) in [6.07, 6.45) is 15.2. The maximum atomic E-state index is 5.97. The van der Waals surface area contributed by atoms with Crippen LogP contribution >= 0.6 is 0 Å². The predicted molar refractivity (Wildman–Crippen MR) is 79.3 cm³/mol. The van der Waals surface area contributed by atoms with Crippen molar-refractivity contribution in [2.45, 2.75) is 76.9 Å². The third-order valence-corrected chi connectivity index (χ3v) is 5.66. The molecule has 0 aromatic rings. The second kappa shape index (κ2) is 5.97. The van der Waals surface area contributed by atoms with E-state index in [0.717, 1.165) is 12.6 Å². The zero-order valence-electron chi connectivity index (χ0n) is 12.4. The van der Waals surface area contributed by atoms with Crippen LogP contribution in [0, 0.1) is 5.41 Å². The molecule has 0 saturated heterocycles. The fourth-order valence-electron chi connectivity index (χ4n) is 4.54. The van der Waals surface area contributed by atoms with E-state index in [-0.39, 0.29) is 0 Å². The molecule has 0 amide bonds. The fraction of sp³-hybridized carbons (Fsp3) is 0.882. The Morgan fingerprint density at radius 1 is 1.32 bits per heavy atom. The molecule has 2 unspecified atom stereocenters. The molecule has 2 fully saturated rings. The molecule has 0 aromatic heterocycles. The summed E-state index contributed by atoms with van der Waals surface area (Å²) in [5.74, 6) is 0. The van der Waals surface area contributed by atoms with Gasteiger partial charge in [0.1, 0.15) is 0 Å². The van der Waals surface area contributed by atoms with Crippen LogP contribution < -0.4 is 5.32 Å². The summed E-state index contributed by atoms with van der Waals surface area (Å²) < 4.78 is 5.97. The lowest BCUT2D eigenvalue weighted by Crippen LogP contribution is -2.62. The molecule has 108 valence electrons. The van der Waals surface area contributed by atoms with E-state index in [2.05, 4.69) is 18.3 Å². The molecule has 1 N–H and O–H groups in total. The highest BCUT2D eigenvalue weighted by molar-refractivity contribution is 5.11. The number of rotatable bonds is 6. The van der Waals surface area contributed by atoms with Gasteiger partial charge >= 0.3 is 0 Å². The van der Waals surface area contributed by atoms with Crippen LogP contribution in [0.5, 0.6) is 0 Å². The Kier molecular flexibility index (Phi) is 4.28. The normalized spacial score (nSPS) is 32.6. The molecular weight excluding hydrogens is 234 g/mol. The van der Waals surface area contributed by atoms with Crippen LogP contribution in [0.15, 0.2) is 11.6 Å². The average Bonchev–Trinajstić information content (AvgIpc) is 3.09. The van der Waals surface area contributed by atoms with Gasteiger partial charge in [-0.2, -0.15) is 0 Å². The van der Waals surface area contributed by atoms with Gasteiger partial charge in [0.25, 0.3) is 0 Å². The van der Waals surface area contributed by atoms with Gasteiger partial charge in [-0.1, -0.05) is 24.5 Å². The van der Waals surface area contributed by atoms with Crippen LogP contribution in [0.2, 0.25) is 0 Å². The number of hydrogen-bond donors (Lipinski definition) is 1. The van der Waals surface area contributed by atoms with E-state index in [0.29, 0.717) is 11.5 Å². The molecule has 19 heavy (non-hydrogen) atoms. The molecule has 0 bridgehead atoms. The van der Waals surface area contributed by atoms with Gasteiger partial charge in [-0.3, -0.25) is 0 Å². The minimum absolute atomic E-state index is 0.500. The van der Waals surface area contributed by atoms with E-state index in [1.165, 1.54) is 64.3 Å². The first-order valence-electron chi connectivity index (χ1n) is 8.38.